The van der Waals surface area contributed by atoms with E-state index in [1.165, 1.54) is 5.56 Å². The Morgan fingerprint density at radius 2 is 2.08 bits per heavy atom. The molecule has 0 radical (unpaired) electrons. The third-order valence-corrected chi connectivity index (χ3v) is 4.91. The van der Waals surface area contributed by atoms with Gasteiger partial charge in [-0.3, -0.25) is 0 Å². The maximum Gasteiger partial charge on any atom is 0.315 e. The smallest absolute Gasteiger partial charge is 0.315 e. The molecule has 25 heavy (non-hydrogen) atoms. The van der Waals surface area contributed by atoms with Gasteiger partial charge in [-0.05, 0) is 62.4 Å². The van der Waals surface area contributed by atoms with Crippen molar-refractivity contribution < 1.29 is 4.79 Å². The molecule has 6 nitrogen and oxygen atoms in total. The average molecular weight is 343 g/mol. The second-order valence-corrected chi connectivity index (χ2v) is 7.41. The molecule has 0 spiro atoms. The van der Waals surface area contributed by atoms with Gasteiger partial charge in [-0.2, -0.15) is 0 Å². The number of aromatic amines is 1. The minimum Gasteiger partial charge on any atom is -0.340 e. The zero-order valence-corrected chi connectivity index (χ0v) is 15.4. The van der Waals surface area contributed by atoms with E-state index < -0.39 is 0 Å². The summed E-state index contributed by atoms with van der Waals surface area (Å²) in [5, 5.41) is 9.47. The summed E-state index contributed by atoms with van der Waals surface area (Å²) in [4.78, 5) is 20.4. The lowest BCUT2D eigenvalue weighted by Gasteiger charge is -2.24. The number of nitrogens with zero attached hydrogens (tertiary/aromatic N) is 1. The Hall–Kier alpha value is -2.08. The van der Waals surface area contributed by atoms with E-state index in [0.29, 0.717) is 5.92 Å². The highest BCUT2D eigenvalue weighted by Crippen LogP contribution is 2.22. The molecule has 1 aliphatic rings. The summed E-state index contributed by atoms with van der Waals surface area (Å²) in [6, 6.07) is 5.89. The first-order valence-corrected chi connectivity index (χ1v) is 9.24. The number of hydrogen-bond acceptors (Lipinski definition) is 3. The first-order chi connectivity index (χ1) is 12.0. The molecule has 1 unspecified atom stereocenters. The Kier molecular flexibility index (Phi) is 5.58. The zero-order chi connectivity index (χ0) is 17.8. The summed E-state index contributed by atoms with van der Waals surface area (Å²) in [5.41, 5.74) is 3.14. The molecular weight excluding hydrogens is 314 g/mol. The van der Waals surface area contributed by atoms with Crippen LogP contribution in [0.15, 0.2) is 18.2 Å². The van der Waals surface area contributed by atoms with Gasteiger partial charge in [-0.1, -0.05) is 19.9 Å². The van der Waals surface area contributed by atoms with E-state index in [9.17, 15) is 4.79 Å². The number of piperidine rings is 1. The standard InChI is InChI=1S/C19H29N5O/c1-12(2)17(18-22-15-5-4-13(3)10-16(15)23-18)24-19(25)21-11-14-6-8-20-9-7-14/h4-5,10,12,14,17,20H,6-9,11H2,1-3H3,(H,22,23)(H2,21,24,25). The number of rotatable bonds is 5. The fraction of sp³-hybridized carbons (Fsp3) is 0.579. The number of amides is 2. The maximum absolute atomic E-state index is 12.4. The Bertz CT molecular complexity index is 718. The van der Waals surface area contributed by atoms with E-state index >= 15 is 0 Å². The van der Waals surface area contributed by atoms with Gasteiger partial charge < -0.3 is 20.9 Å². The van der Waals surface area contributed by atoms with E-state index in [-0.39, 0.29) is 18.0 Å². The number of urea groups is 1. The topological polar surface area (TPSA) is 81.8 Å². The maximum atomic E-state index is 12.4. The van der Waals surface area contributed by atoms with Crippen molar-refractivity contribution in [2.24, 2.45) is 11.8 Å². The van der Waals surface area contributed by atoms with Crippen LogP contribution in [0.25, 0.3) is 11.0 Å². The van der Waals surface area contributed by atoms with Gasteiger partial charge in [-0.15, -0.1) is 0 Å². The number of nitrogens with one attached hydrogen (secondary N) is 4. The molecule has 0 saturated carbocycles. The number of imidazole rings is 1. The summed E-state index contributed by atoms with van der Waals surface area (Å²) in [6.45, 7) is 9.07. The Morgan fingerprint density at radius 1 is 1.32 bits per heavy atom. The minimum absolute atomic E-state index is 0.117. The molecule has 3 rings (SSSR count). The molecule has 0 aliphatic carbocycles. The first kappa shape index (κ1) is 17.7. The van der Waals surface area contributed by atoms with Crippen molar-refractivity contribution in [3.05, 3.63) is 29.6 Å². The lowest BCUT2D eigenvalue weighted by atomic mass is 9.98. The number of carbonyl (C=O) groups is 1. The van der Waals surface area contributed by atoms with Crippen molar-refractivity contribution in [2.75, 3.05) is 19.6 Å². The Morgan fingerprint density at radius 3 is 2.80 bits per heavy atom. The van der Waals surface area contributed by atoms with Crippen molar-refractivity contribution in [1.29, 1.82) is 0 Å². The van der Waals surface area contributed by atoms with Crippen molar-refractivity contribution in [3.63, 3.8) is 0 Å². The van der Waals surface area contributed by atoms with Crippen molar-refractivity contribution in [3.8, 4) is 0 Å². The fourth-order valence-electron chi connectivity index (χ4n) is 3.36. The van der Waals surface area contributed by atoms with Gasteiger partial charge in [0.15, 0.2) is 0 Å². The second-order valence-electron chi connectivity index (χ2n) is 7.41. The highest BCUT2D eigenvalue weighted by Gasteiger charge is 2.22. The first-order valence-electron chi connectivity index (χ1n) is 9.24. The molecule has 6 heteroatoms. The molecule has 1 aliphatic heterocycles. The van der Waals surface area contributed by atoms with Gasteiger partial charge in [0.2, 0.25) is 0 Å². The summed E-state index contributed by atoms with van der Waals surface area (Å²) >= 11 is 0. The van der Waals surface area contributed by atoms with E-state index in [1.54, 1.807) is 0 Å². The number of aromatic nitrogens is 2. The molecule has 1 fully saturated rings. The van der Waals surface area contributed by atoms with Crippen molar-refractivity contribution in [2.45, 2.75) is 39.7 Å². The van der Waals surface area contributed by atoms with Crippen molar-refractivity contribution in [1.82, 2.24) is 25.9 Å². The van der Waals surface area contributed by atoms with Crippen LogP contribution in [-0.2, 0) is 0 Å². The number of aryl methyl sites for hydroxylation is 1. The van der Waals surface area contributed by atoms with Crippen LogP contribution in [0.2, 0.25) is 0 Å². The second kappa shape index (κ2) is 7.87. The van der Waals surface area contributed by atoms with Gasteiger partial charge in [0.05, 0.1) is 17.1 Å². The lowest BCUT2D eigenvalue weighted by molar-refractivity contribution is 0.228. The number of fused-ring (bicyclic) bond motifs is 1. The molecule has 2 heterocycles. The van der Waals surface area contributed by atoms with Gasteiger partial charge in [-0.25, -0.2) is 9.78 Å². The van der Waals surface area contributed by atoms with Gasteiger partial charge in [0.25, 0.3) is 0 Å². The van der Waals surface area contributed by atoms with Crippen LogP contribution in [0, 0.1) is 18.8 Å². The summed E-state index contributed by atoms with van der Waals surface area (Å²) < 4.78 is 0. The molecule has 1 aromatic carbocycles. The Balaban J connectivity index is 1.64. The predicted molar refractivity (Wildman–Crippen MR) is 101 cm³/mol. The van der Waals surface area contributed by atoms with Gasteiger partial charge in [0, 0.05) is 6.54 Å². The van der Waals surface area contributed by atoms with Gasteiger partial charge in [0.1, 0.15) is 5.82 Å². The largest absolute Gasteiger partial charge is 0.340 e. The normalized spacial score (nSPS) is 17.0. The van der Waals surface area contributed by atoms with Crippen LogP contribution in [0.3, 0.4) is 0 Å². The van der Waals surface area contributed by atoms with E-state index in [4.69, 9.17) is 0 Å². The Labute approximate surface area is 149 Å². The molecule has 4 N–H and O–H groups in total. The number of carbonyl (C=O) groups excluding carboxylic acids is 1. The molecular formula is C19H29N5O. The van der Waals surface area contributed by atoms with Crippen LogP contribution < -0.4 is 16.0 Å². The predicted octanol–water partition coefficient (Wildman–Crippen LogP) is 2.87. The molecule has 1 atom stereocenters. The minimum atomic E-state index is -0.138. The van der Waals surface area contributed by atoms with E-state index in [2.05, 4.69) is 58.8 Å². The SMILES string of the molecule is Cc1ccc2nc(C(NC(=O)NCC3CCNCC3)C(C)C)[nH]c2c1. The zero-order valence-electron chi connectivity index (χ0n) is 15.4. The van der Waals surface area contributed by atoms with Crippen LogP contribution in [-0.4, -0.2) is 35.6 Å². The molecule has 2 aromatic rings. The summed E-state index contributed by atoms with van der Waals surface area (Å²) in [7, 11) is 0. The number of benzene rings is 1. The van der Waals surface area contributed by atoms with Crippen LogP contribution >= 0.6 is 0 Å². The summed E-state index contributed by atoms with van der Waals surface area (Å²) in [6.07, 6.45) is 2.24. The molecule has 0 bridgehead atoms. The number of H-pyrrole nitrogens is 1. The van der Waals surface area contributed by atoms with Crippen LogP contribution in [0.1, 0.15) is 44.1 Å². The fourth-order valence-corrected chi connectivity index (χ4v) is 3.36. The number of hydrogen-bond donors (Lipinski definition) is 4. The highest BCUT2D eigenvalue weighted by molar-refractivity contribution is 5.77. The highest BCUT2D eigenvalue weighted by atomic mass is 16.2. The lowest BCUT2D eigenvalue weighted by Crippen LogP contribution is -2.43. The molecule has 2 amide bonds. The quantitative estimate of drug-likeness (QED) is 0.674. The van der Waals surface area contributed by atoms with E-state index in [0.717, 1.165) is 49.3 Å². The molecule has 1 aromatic heterocycles. The third-order valence-electron chi connectivity index (χ3n) is 4.91. The van der Waals surface area contributed by atoms with Gasteiger partial charge >= 0.3 is 6.03 Å². The van der Waals surface area contributed by atoms with E-state index in [1.807, 2.05) is 6.07 Å². The van der Waals surface area contributed by atoms with Crippen LogP contribution in [0.4, 0.5) is 4.79 Å². The van der Waals surface area contributed by atoms with Crippen LogP contribution in [0.5, 0.6) is 0 Å². The molecule has 136 valence electrons. The monoisotopic (exact) mass is 343 g/mol. The third kappa shape index (κ3) is 4.51. The average Bonchev–Trinajstić information content (AvgIpc) is 3.01. The molecule has 1 saturated heterocycles. The van der Waals surface area contributed by atoms with Crippen molar-refractivity contribution >= 4 is 17.1 Å². The summed E-state index contributed by atoms with van der Waals surface area (Å²) in [5.74, 6) is 1.62.